The number of ether oxygens (including phenoxy) is 1. The maximum atomic E-state index is 11.4. The Balaban J connectivity index is 1.86. The van der Waals surface area contributed by atoms with E-state index in [1.54, 1.807) is 0 Å². The Kier molecular flexibility index (Phi) is 7.16. The summed E-state index contributed by atoms with van der Waals surface area (Å²) in [5.74, 6) is 0. The van der Waals surface area contributed by atoms with Crippen LogP contribution in [0.1, 0.15) is 40.0 Å². The summed E-state index contributed by atoms with van der Waals surface area (Å²) in [6.07, 6.45) is 3.29. The number of hydrogen-bond donors (Lipinski definition) is 2. The van der Waals surface area contributed by atoms with Crippen molar-refractivity contribution >= 4 is 6.09 Å². The molecule has 0 aliphatic carbocycles. The van der Waals surface area contributed by atoms with E-state index in [0.717, 1.165) is 26.1 Å². The first kappa shape index (κ1) is 16.2. The minimum atomic E-state index is -0.419. The summed E-state index contributed by atoms with van der Waals surface area (Å²) >= 11 is 0. The van der Waals surface area contributed by atoms with E-state index in [2.05, 4.69) is 15.5 Å². The lowest BCUT2D eigenvalue weighted by Crippen LogP contribution is -2.35. The Morgan fingerprint density at radius 3 is 2.47 bits per heavy atom. The first-order valence-electron chi connectivity index (χ1n) is 7.37. The zero-order chi connectivity index (χ0) is 14.1. The predicted octanol–water partition coefficient (Wildman–Crippen LogP) is 1.59. The molecular weight excluding hydrogens is 242 g/mol. The van der Waals surface area contributed by atoms with E-state index in [1.165, 1.54) is 25.9 Å². The van der Waals surface area contributed by atoms with Gasteiger partial charge in [-0.2, -0.15) is 0 Å². The highest BCUT2D eigenvalue weighted by Gasteiger charge is 2.15. The lowest BCUT2D eigenvalue weighted by atomic mass is 10.2. The number of likely N-dealkylation sites (tertiary alicyclic amines) is 1. The molecule has 2 N–H and O–H groups in total. The largest absolute Gasteiger partial charge is 0.444 e. The number of nitrogens with one attached hydrogen (secondary N) is 2. The van der Waals surface area contributed by atoms with Crippen LogP contribution >= 0.6 is 0 Å². The van der Waals surface area contributed by atoms with Crippen molar-refractivity contribution in [2.75, 3.05) is 39.3 Å². The Morgan fingerprint density at radius 2 is 1.84 bits per heavy atom. The quantitative estimate of drug-likeness (QED) is 0.690. The van der Waals surface area contributed by atoms with E-state index in [4.69, 9.17) is 4.74 Å². The van der Waals surface area contributed by atoms with E-state index in [9.17, 15) is 4.79 Å². The average Bonchev–Trinajstić information content (AvgIpc) is 2.78. The fourth-order valence-electron chi connectivity index (χ4n) is 2.09. The monoisotopic (exact) mass is 271 g/mol. The van der Waals surface area contributed by atoms with E-state index in [-0.39, 0.29) is 6.09 Å². The second-order valence-corrected chi connectivity index (χ2v) is 6.08. The maximum Gasteiger partial charge on any atom is 0.407 e. The molecule has 0 radical (unpaired) electrons. The molecule has 112 valence electrons. The molecule has 0 unspecified atom stereocenters. The molecule has 0 atom stereocenters. The zero-order valence-corrected chi connectivity index (χ0v) is 12.6. The summed E-state index contributed by atoms with van der Waals surface area (Å²) < 4.78 is 5.16. The van der Waals surface area contributed by atoms with Gasteiger partial charge >= 0.3 is 6.09 Å². The number of hydrogen-bond acceptors (Lipinski definition) is 4. The molecule has 0 aromatic carbocycles. The molecule has 0 bridgehead atoms. The molecule has 1 rings (SSSR count). The molecule has 1 aliphatic heterocycles. The molecule has 0 aromatic rings. The second kappa shape index (κ2) is 8.38. The summed E-state index contributed by atoms with van der Waals surface area (Å²) in [5.41, 5.74) is -0.419. The van der Waals surface area contributed by atoms with Crippen LogP contribution in [-0.4, -0.2) is 55.9 Å². The standard InChI is InChI=1S/C14H29N3O2/c1-14(2,3)19-13(18)16-8-6-7-15-9-12-17-10-4-5-11-17/h15H,4-12H2,1-3H3,(H,16,18). The highest BCUT2D eigenvalue weighted by atomic mass is 16.6. The van der Waals surface area contributed by atoms with Gasteiger partial charge in [-0.15, -0.1) is 0 Å². The number of rotatable bonds is 7. The van der Waals surface area contributed by atoms with Crippen LogP contribution < -0.4 is 10.6 Å². The van der Waals surface area contributed by atoms with Crippen molar-refractivity contribution in [2.24, 2.45) is 0 Å². The van der Waals surface area contributed by atoms with E-state index >= 15 is 0 Å². The van der Waals surface area contributed by atoms with Gasteiger partial charge in [-0.1, -0.05) is 0 Å². The molecule has 1 aliphatic rings. The molecule has 1 amide bonds. The third-order valence-corrected chi connectivity index (χ3v) is 3.00. The molecule has 1 heterocycles. The lowest BCUT2D eigenvalue weighted by molar-refractivity contribution is 0.0527. The molecule has 1 fully saturated rings. The molecule has 5 nitrogen and oxygen atoms in total. The molecule has 19 heavy (non-hydrogen) atoms. The van der Waals surface area contributed by atoms with Gasteiger partial charge in [-0.05, 0) is 59.7 Å². The molecular formula is C14H29N3O2. The molecule has 1 saturated heterocycles. The fourth-order valence-corrected chi connectivity index (χ4v) is 2.09. The van der Waals surface area contributed by atoms with Crippen LogP contribution in [0, 0.1) is 0 Å². The van der Waals surface area contributed by atoms with E-state index in [1.807, 2.05) is 20.8 Å². The first-order valence-corrected chi connectivity index (χ1v) is 7.37. The van der Waals surface area contributed by atoms with Gasteiger partial charge in [0.2, 0.25) is 0 Å². The van der Waals surface area contributed by atoms with Gasteiger partial charge in [0, 0.05) is 19.6 Å². The minimum absolute atomic E-state index is 0.329. The zero-order valence-electron chi connectivity index (χ0n) is 12.6. The van der Waals surface area contributed by atoms with Crippen LogP contribution in [0.3, 0.4) is 0 Å². The SMILES string of the molecule is CC(C)(C)OC(=O)NCCCNCCN1CCCC1. The fraction of sp³-hybridized carbons (Fsp3) is 0.929. The van der Waals surface area contributed by atoms with Crippen LogP contribution in [0.2, 0.25) is 0 Å². The van der Waals surface area contributed by atoms with Gasteiger partial charge in [0.1, 0.15) is 5.60 Å². The number of nitrogens with zero attached hydrogens (tertiary/aromatic N) is 1. The lowest BCUT2D eigenvalue weighted by Gasteiger charge is -2.19. The van der Waals surface area contributed by atoms with E-state index in [0.29, 0.717) is 6.54 Å². The van der Waals surface area contributed by atoms with Gasteiger partial charge in [0.15, 0.2) is 0 Å². The Hall–Kier alpha value is -0.810. The van der Waals surface area contributed by atoms with Gasteiger partial charge in [0.05, 0.1) is 0 Å². The van der Waals surface area contributed by atoms with Gasteiger partial charge in [0.25, 0.3) is 0 Å². The Labute approximate surface area is 117 Å². The summed E-state index contributed by atoms with van der Waals surface area (Å²) in [7, 11) is 0. The van der Waals surface area contributed by atoms with Crippen molar-refractivity contribution in [2.45, 2.75) is 45.6 Å². The second-order valence-electron chi connectivity index (χ2n) is 6.08. The van der Waals surface area contributed by atoms with Gasteiger partial charge in [-0.25, -0.2) is 4.79 Å². The molecule has 5 heteroatoms. The van der Waals surface area contributed by atoms with Gasteiger partial charge < -0.3 is 20.3 Å². The summed E-state index contributed by atoms with van der Waals surface area (Å²) in [5, 5.41) is 6.16. The van der Waals surface area contributed by atoms with Crippen molar-refractivity contribution in [3.8, 4) is 0 Å². The molecule has 0 saturated carbocycles. The van der Waals surface area contributed by atoms with E-state index < -0.39 is 5.60 Å². The van der Waals surface area contributed by atoms with Crippen LogP contribution in [0.4, 0.5) is 4.79 Å². The molecule has 0 spiro atoms. The third kappa shape index (κ3) is 8.83. The van der Waals surface area contributed by atoms with Crippen molar-refractivity contribution in [3.05, 3.63) is 0 Å². The number of alkyl carbamates (subject to hydrolysis) is 1. The van der Waals surface area contributed by atoms with Crippen molar-refractivity contribution in [3.63, 3.8) is 0 Å². The average molecular weight is 271 g/mol. The smallest absolute Gasteiger partial charge is 0.407 e. The van der Waals surface area contributed by atoms with Gasteiger partial charge in [-0.3, -0.25) is 0 Å². The summed E-state index contributed by atoms with van der Waals surface area (Å²) in [6.45, 7) is 11.9. The topological polar surface area (TPSA) is 53.6 Å². The van der Waals surface area contributed by atoms with Crippen molar-refractivity contribution in [1.82, 2.24) is 15.5 Å². The summed E-state index contributed by atoms with van der Waals surface area (Å²) in [4.78, 5) is 13.9. The number of carbonyl (C=O) groups is 1. The first-order chi connectivity index (χ1) is 8.97. The predicted molar refractivity (Wildman–Crippen MR) is 77.4 cm³/mol. The third-order valence-electron chi connectivity index (χ3n) is 3.00. The number of carbonyl (C=O) groups excluding carboxylic acids is 1. The highest BCUT2D eigenvalue weighted by Crippen LogP contribution is 2.06. The molecule has 0 aromatic heterocycles. The Bertz CT molecular complexity index is 258. The minimum Gasteiger partial charge on any atom is -0.444 e. The maximum absolute atomic E-state index is 11.4. The van der Waals surface area contributed by atoms with Crippen LogP contribution in [0.25, 0.3) is 0 Å². The highest BCUT2D eigenvalue weighted by molar-refractivity contribution is 5.67. The van der Waals surface area contributed by atoms with Crippen LogP contribution in [0.5, 0.6) is 0 Å². The summed E-state index contributed by atoms with van der Waals surface area (Å²) in [6, 6.07) is 0. The van der Waals surface area contributed by atoms with Crippen LogP contribution in [-0.2, 0) is 4.74 Å². The van der Waals surface area contributed by atoms with Crippen LogP contribution in [0.15, 0.2) is 0 Å². The van der Waals surface area contributed by atoms with Crippen molar-refractivity contribution in [1.29, 1.82) is 0 Å². The normalized spacial score (nSPS) is 16.6. The number of amides is 1. The van der Waals surface area contributed by atoms with Crippen molar-refractivity contribution < 1.29 is 9.53 Å². The Morgan fingerprint density at radius 1 is 1.16 bits per heavy atom.